The topological polar surface area (TPSA) is 90.2 Å². The highest BCUT2D eigenvalue weighted by atomic mass is 16.6. The van der Waals surface area contributed by atoms with Crippen LogP contribution in [0.2, 0.25) is 0 Å². The fourth-order valence-electron chi connectivity index (χ4n) is 1.62. The fraction of sp³-hybridized carbons (Fsp3) is 0.667. The van der Waals surface area contributed by atoms with Crippen LogP contribution in [0.4, 0.5) is 11.6 Å². The molecular formula is C12H20N4O3. The standard InChI is InChI=1S/C12H20N4O3/c1-8(2)6-5-7-19-11-10(16(17)18)9(3)14-12(13-4)15-11/h8H,5-7H2,1-4H3,(H,13,14,15). The first-order valence-electron chi connectivity index (χ1n) is 6.29. The summed E-state index contributed by atoms with van der Waals surface area (Å²) in [6.07, 6.45) is 1.85. The smallest absolute Gasteiger partial charge is 0.352 e. The molecule has 0 aliphatic heterocycles. The molecule has 0 spiro atoms. The second kappa shape index (κ2) is 6.86. The first-order valence-corrected chi connectivity index (χ1v) is 6.29. The van der Waals surface area contributed by atoms with Crippen molar-refractivity contribution in [1.29, 1.82) is 0 Å². The minimum absolute atomic E-state index is 0.0330. The quantitative estimate of drug-likeness (QED) is 0.464. The molecule has 1 heterocycles. The average molecular weight is 268 g/mol. The molecule has 0 aliphatic rings. The Labute approximate surface area is 112 Å². The Morgan fingerprint density at radius 1 is 1.42 bits per heavy atom. The predicted octanol–water partition coefficient (Wildman–Crippen LogP) is 2.55. The van der Waals surface area contributed by atoms with Gasteiger partial charge in [-0.15, -0.1) is 0 Å². The van der Waals surface area contributed by atoms with E-state index in [1.807, 2.05) is 0 Å². The summed E-state index contributed by atoms with van der Waals surface area (Å²) in [5, 5.41) is 13.8. The number of aromatic nitrogens is 2. The van der Waals surface area contributed by atoms with Crippen LogP contribution in [0.5, 0.6) is 5.88 Å². The molecule has 0 aromatic carbocycles. The number of rotatable bonds is 7. The van der Waals surface area contributed by atoms with Crippen LogP contribution >= 0.6 is 0 Å². The zero-order valence-electron chi connectivity index (χ0n) is 11.8. The highest BCUT2D eigenvalue weighted by Gasteiger charge is 2.23. The summed E-state index contributed by atoms with van der Waals surface area (Å²) in [6.45, 7) is 6.23. The lowest BCUT2D eigenvalue weighted by atomic mass is 10.1. The van der Waals surface area contributed by atoms with Crippen molar-refractivity contribution in [2.24, 2.45) is 5.92 Å². The van der Waals surface area contributed by atoms with Gasteiger partial charge in [-0.05, 0) is 25.7 Å². The number of nitrogens with zero attached hydrogens (tertiary/aromatic N) is 3. The first kappa shape index (κ1) is 15.1. The minimum atomic E-state index is -0.507. The van der Waals surface area contributed by atoms with Crippen molar-refractivity contribution in [3.63, 3.8) is 0 Å². The number of nitro groups is 1. The monoisotopic (exact) mass is 268 g/mol. The van der Waals surface area contributed by atoms with Crippen LogP contribution < -0.4 is 10.1 Å². The Bertz CT molecular complexity index is 449. The van der Waals surface area contributed by atoms with Gasteiger partial charge in [-0.2, -0.15) is 4.98 Å². The summed E-state index contributed by atoms with van der Waals surface area (Å²) >= 11 is 0. The Morgan fingerprint density at radius 3 is 2.63 bits per heavy atom. The van der Waals surface area contributed by atoms with E-state index < -0.39 is 4.92 Å². The number of anilines is 1. The van der Waals surface area contributed by atoms with Crippen LogP contribution in [0.25, 0.3) is 0 Å². The van der Waals surface area contributed by atoms with Crippen molar-refractivity contribution < 1.29 is 9.66 Å². The van der Waals surface area contributed by atoms with Crippen LogP contribution in [0.1, 0.15) is 32.4 Å². The Balaban J connectivity index is 2.84. The second-order valence-corrected chi connectivity index (χ2v) is 4.68. The van der Waals surface area contributed by atoms with Crippen molar-refractivity contribution in [2.45, 2.75) is 33.6 Å². The van der Waals surface area contributed by atoms with E-state index in [0.717, 1.165) is 12.8 Å². The van der Waals surface area contributed by atoms with Crippen LogP contribution in [0, 0.1) is 23.0 Å². The normalized spacial score (nSPS) is 10.6. The van der Waals surface area contributed by atoms with Crippen LogP contribution in [0.3, 0.4) is 0 Å². The van der Waals surface area contributed by atoms with Gasteiger partial charge in [0.15, 0.2) is 0 Å². The van der Waals surface area contributed by atoms with Gasteiger partial charge in [-0.3, -0.25) is 10.1 Å². The number of ether oxygens (including phenoxy) is 1. The summed E-state index contributed by atoms with van der Waals surface area (Å²) in [7, 11) is 1.66. The van der Waals surface area contributed by atoms with Gasteiger partial charge in [0, 0.05) is 7.05 Å². The average Bonchev–Trinajstić information content (AvgIpc) is 2.33. The molecule has 7 heteroatoms. The van der Waals surface area contributed by atoms with Gasteiger partial charge >= 0.3 is 5.69 Å². The van der Waals surface area contributed by atoms with E-state index in [0.29, 0.717) is 24.2 Å². The zero-order valence-corrected chi connectivity index (χ0v) is 11.8. The molecule has 1 aromatic heterocycles. The highest BCUT2D eigenvalue weighted by Crippen LogP contribution is 2.28. The lowest BCUT2D eigenvalue weighted by Gasteiger charge is -2.09. The van der Waals surface area contributed by atoms with Gasteiger partial charge in [0.05, 0.1) is 11.5 Å². The lowest BCUT2D eigenvalue weighted by Crippen LogP contribution is -2.08. The number of nitrogens with one attached hydrogen (secondary N) is 1. The number of aryl methyl sites for hydroxylation is 1. The maximum Gasteiger partial charge on any atom is 0.352 e. The molecule has 1 rings (SSSR count). The van der Waals surface area contributed by atoms with E-state index in [1.54, 1.807) is 14.0 Å². The zero-order chi connectivity index (χ0) is 14.4. The van der Waals surface area contributed by atoms with Crippen molar-refractivity contribution in [3.05, 3.63) is 15.8 Å². The van der Waals surface area contributed by atoms with Crippen molar-refractivity contribution in [3.8, 4) is 5.88 Å². The second-order valence-electron chi connectivity index (χ2n) is 4.68. The molecule has 0 amide bonds. The maximum atomic E-state index is 11.0. The summed E-state index contributed by atoms with van der Waals surface area (Å²) in [5.41, 5.74) is 0.131. The summed E-state index contributed by atoms with van der Waals surface area (Å²) in [4.78, 5) is 18.5. The highest BCUT2D eigenvalue weighted by molar-refractivity contribution is 5.48. The summed E-state index contributed by atoms with van der Waals surface area (Å²) in [5.74, 6) is 0.936. The number of hydrogen-bond donors (Lipinski definition) is 1. The summed E-state index contributed by atoms with van der Waals surface area (Å²) in [6, 6.07) is 0. The molecule has 7 nitrogen and oxygen atoms in total. The molecule has 0 radical (unpaired) electrons. The SMILES string of the molecule is CNc1nc(C)c([N+](=O)[O-])c(OCCCC(C)C)n1. The largest absolute Gasteiger partial charge is 0.473 e. The maximum absolute atomic E-state index is 11.0. The molecular weight excluding hydrogens is 248 g/mol. The van der Waals surface area contributed by atoms with Crippen LogP contribution in [-0.2, 0) is 0 Å². The van der Waals surface area contributed by atoms with Gasteiger partial charge < -0.3 is 10.1 Å². The molecule has 0 fully saturated rings. The minimum Gasteiger partial charge on any atom is -0.473 e. The van der Waals surface area contributed by atoms with E-state index in [1.165, 1.54) is 0 Å². The van der Waals surface area contributed by atoms with E-state index in [9.17, 15) is 10.1 Å². The molecule has 0 aliphatic carbocycles. The van der Waals surface area contributed by atoms with E-state index in [2.05, 4.69) is 29.1 Å². The van der Waals surface area contributed by atoms with E-state index in [4.69, 9.17) is 4.74 Å². The molecule has 0 atom stereocenters. The van der Waals surface area contributed by atoms with Crippen molar-refractivity contribution in [2.75, 3.05) is 19.0 Å². The van der Waals surface area contributed by atoms with Gasteiger partial charge in [0.1, 0.15) is 5.69 Å². The molecule has 0 saturated carbocycles. The third-order valence-corrected chi connectivity index (χ3v) is 2.60. The predicted molar refractivity (Wildman–Crippen MR) is 72.5 cm³/mol. The van der Waals surface area contributed by atoms with Crippen LogP contribution in [0.15, 0.2) is 0 Å². The number of hydrogen-bond acceptors (Lipinski definition) is 6. The Kier molecular flexibility index (Phi) is 5.47. The first-order chi connectivity index (χ1) is 8.95. The summed E-state index contributed by atoms with van der Waals surface area (Å²) < 4.78 is 5.44. The van der Waals surface area contributed by atoms with Crippen LogP contribution in [-0.4, -0.2) is 28.5 Å². The Morgan fingerprint density at radius 2 is 2.11 bits per heavy atom. The van der Waals surface area contributed by atoms with Gasteiger partial charge in [-0.25, -0.2) is 4.98 Å². The molecule has 0 unspecified atom stereocenters. The molecule has 0 saturated heterocycles. The van der Waals surface area contributed by atoms with Gasteiger partial charge in [0.25, 0.3) is 5.88 Å². The van der Waals surface area contributed by atoms with Gasteiger partial charge in [-0.1, -0.05) is 13.8 Å². The third-order valence-electron chi connectivity index (χ3n) is 2.60. The molecule has 19 heavy (non-hydrogen) atoms. The van der Waals surface area contributed by atoms with E-state index in [-0.39, 0.29) is 11.6 Å². The van der Waals surface area contributed by atoms with Crippen molar-refractivity contribution in [1.82, 2.24) is 9.97 Å². The Hall–Kier alpha value is -1.92. The molecule has 1 N–H and O–H groups in total. The molecule has 1 aromatic rings. The van der Waals surface area contributed by atoms with E-state index >= 15 is 0 Å². The third kappa shape index (κ3) is 4.35. The lowest BCUT2D eigenvalue weighted by molar-refractivity contribution is -0.387. The van der Waals surface area contributed by atoms with Crippen molar-refractivity contribution >= 4 is 11.6 Å². The van der Waals surface area contributed by atoms with Gasteiger partial charge in [0.2, 0.25) is 5.95 Å². The molecule has 106 valence electrons. The molecule has 0 bridgehead atoms. The fourth-order valence-corrected chi connectivity index (χ4v) is 1.62.